The number of fused-ring (bicyclic) bond motifs is 1. The van der Waals surface area contributed by atoms with Gasteiger partial charge in [-0.05, 0) is 50.5 Å². The lowest BCUT2D eigenvalue weighted by molar-refractivity contribution is -0.155. The fourth-order valence-electron chi connectivity index (χ4n) is 4.65. The maximum atomic E-state index is 13.2. The number of hydrogen-bond donors (Lipinski definition) is 1. The lowest BCUT2D eigenvalue weighted by atomic mass is 10.1. The van der Waals surface area contributed by atoms with Crippen LogP contribution in [0.2, 0.25) is 0 Å². The van der Waals surface area contributed by atoms with Gasteiger partial charge in [-0.15, -0.1) is 0 Å². The van der Waals surface area contributed by atoms with Crippen molar-refractivity contribution in [1.82, 2.24) is 9.80 Å². The molecule has 2 aromatic rings. The minimum absolute atomic E-state index is 0.0152. The molecule has 2 aliphatic heterocycles. The van der Waals surface area contributed by atoms with Gasteiger partial charge in [-0.2, -0.15) is 0 Å². The first-order chi connectivity index (χ1) is 18.5. The van der Waals surface area contributed by atoms with Crippen LogP contribution in [0, 0.1) is 0 Å². The van der Waals surface area contributed by atoms with Gasteiger partial charge in [0.15, 0.2) is 0 Å². The quantitative estimate of drug-likeness (QED) is 0.461. The van der Waals surface area contributed by atoms with Crippen LogP contribution in [0.15, 0.2) is 42.5 Å². The van der Waals surface area contributed by atoms with Crippen molar-refractivity contribution in [2.24, 2.45) is 5.73 Å². The topological polar surface area (TPSA) is 128 Å². The molecule has 0 bridgehead atoms. The molecule has 0 aliphatic carbocycles. The van der Waals surface area contributed by atoms with Crippen LogP contribution in [-0.2, 0) is 43.6 Å². The minimum atomic E-state index is -0.948. The molecule has 10 nitrogen and oxygen atoms in total. The number of morpholine rings is 1. The first kappa shape index (κ1) is 28.1. The summed E-state index contributed by atoms with van der Waals surface area (Å²) in [5.74, 6) is -0.934. The van der Waals surface area contributed by atoms with Crippen LogP contribution in [0.1, 0.15) is 60.7 Å². The molecule has 3 amide bonds. The number of esters is 1. The van der Waals surface area contributed by atoms with Crippen LogP contribution in [-0.4, -0.2) is 64.9 Å². The van der Waals surface area contributed by atoms with Gasteiger partial charge in [0, 0.05) is 30.6 Å². The summed E-state index contributed by atoms with van der Waals surface area (Å²) in [5.41, 5.74) is 8.05. The number of carbonyl (C=O) groups excluding carboxylic acids is 4. The smallest absolute Gasteiger partial charge is 0.306 e. The molecule has 0 aromatic heterocycles. The number of ether oxygens (including phenoxy) is 3. The second-order valence-corrected chi connectivity index (χ2v) is 10.7. The van der Waals surface area contributed by atoms with E-state index >= 15 is 0 Å². The molecule has 2 heterocycles. The number of hydrogen-bond acceptors (Lipinski definition) is 7. The van der Waals surface area contributed by atoms with Gasteiger partial charge >= 0.3 is 5.97 Å². The standard InChI is InChI=1S/C29H35N3O7/c1-29(2,3)39-26(34)12-11-23(27(30)35)32-16-22-21(28(32)36)5-4-6-24(22)38-17-20-9-7-19(8-10-20)15-31-13-14-37-18-25(31)33/h4-10,23H,11-18H2,1-3H3,(H2,30,35). The molecule has 0 radical (unpaired) electrons. The monoisotopic (exact) mass is 537 g/mol. The SMILES string of the molecule is CC(C)(C)OC(=O)CCC(C(N)=O)N1Cc2c(OCc3ccc(CN4CCOCC4=O)cc3)cccc2C1=O. The number of carbonyl (C=O) groups is 4. The van der Waals surface area contributed by atoms with E-state index in [1.807, 2.05) is 24.3 Å². The summed E-state index contributed by atoms with van der Waals surface area (Å²) in [7, 11) is 0. The fraction of sp³-hybridized carbons (Fsp3) is 0.448. The third kappa shape index (κ3) is 7.14. The zero-order chi connectivity index (χ0) is 28.2. The van der Waals surface area contributed by atoms with E-state index in [1.54, 1.807) is 43.9 Å². The molecular formula is C29H35N3O7. The van der Waals surface area contributed by atoms with E-state index < -0.39 is 23.5 Å². The van der Waals surface area contributed by atoms with Crippen molar-refractivity contribution < 1.29 is 33.4 Å². The lowest BCUT2D eigenvalue weighted by Gasteiger charge is -2.26. The maximum absolute atomic E-state index is 13.2. The number of benzene rings is 2. The van der Waals surface area contributed by atoms with E-state index in [-0.39, 0.29) is 44.4 Å². The molecule has 1 atom stereocenters. The summed E-state index contributed by atoms with van der Waals surface area (Å²) in [6, 6.07) is 12.1. The average Bonchev–Trinajstić information content (AvgIpc) is 3.20. The Bertz CT molecular complexity index is 1240. The summed E-state index contributed by atoms with van der Waals surface area (Å²) in [6.45, 7) is 7.50. The number of rotatable bonds is 10. The van der Waals surface area contributed by atoms with Crippen LogP contribution >= 0.6 is 0 Å². The highest BCUT2D eigenvalue weighted by Crippen LogP contribution is 2.33. The van der Waals surface area contributed by atoms with Crippen molar-refractivity contribution >= 4 is 23.7 Å². The van der Waals surface area contributed by atoms with Crippen molar-refractivity contribution in [2.75, 3.05) is 19.8 Å². The predicted octanol–water partition coefficient (Wildman–Crippen LogP) is 2.56. The highest BCUT2D eigenvalue weighted by molar-refractivity contribution is 6.01. The van der Waals surface area contributed by atoms with Crippen molar-refractivity contribution in [3.63, 3.8) is 0 Å². The lowest BCUT2D eigenvalue weighted by Crippen LogP contribution is -2.45. The van der Waals surface area contributed by atoms with Gasteiger partial charge in [0.05, 0.1) is 13.2 Å². The Morgan fingerprint density at radius 1 is 1.08 bits per heavy atom. The van der Waals surface area contributed by atoms with Gasteiger partial charge in [-0.3, -0.25) is 19.2 Å². The summed E-state index contributed by atoms with van der Waals surface area (Å²) >= 11 is 0. The molecule has 10 heteroatoms. The van der Waals surface area contributed by atoms with Crippen LogP contribution < -0.4 is 10.5 Å². The highest BCUT2D eigenvalue weighted by Gasteiger charge is 2.37. The first-order valence-corrected chi connectivity index (χ1v) is 13.0. The molecule has 1 fully saturated rings. The zero-order valence-electron chi connectivity index (χ0n) is 22.6. The van der Waals surface area contributed by atoms with Crippen molar-refractivity contribution in [3.05, 3.63) is 64.7 Å². The van der Waals surface area contributed by atoms with Gasteiger partial charge in [0.25, 0.3) is 5.91 Å². The number of amides is 3. The molecule has 0 spiro atoms. The predicted molar refractivity (Wildman–Crippen MR) is 141 cm³/mol. The van der Waals surface area contributed by atoms with E-state index in [1.165, 1.54) is 4.90 Å². The zero-order valence-corrected chi connectivity index (χ0v) is 22.6. The Kier molecular flexibility index (Phi) is 8.54. The fourth-order valence-corrected chi connectivity index (χ4v) is 4.65. The van der Waals surface area contributed by atoms with E-state index in [0.29, 0.717) is 36.6 Å². The van der Waals surface area contributed by atoms with E-state index in [4.69, 9.17) is 19.9 Å². The molecule has 1 unspecified atom stereocenters. The minimum Gasteiger partial charge on any atom is -0.489 e. The van der Waals surface area contributed by atoms with Crippen molar-refractivity contribution in [2.45, 2.75) is 65.0 Å². The summed E-state index contributed by atoms with van der Waals surface area (Å²) in [4.78, 5) is 52.8. The maximum Gasteiger partial charge on any atom is 0.306 e. The largest absolute Gasteiger partial charge is 0.489 e. The van der Waals surface area contributed by atoms with Gasteiger partial charge in [0.2, 0.25) is 11.8 Å². The van der Waals surface area contributed by atoms with Crippen LogP contribution in [0.3, 0.4) is 0 Å². The summed E-state index contributed by atoms with van der Waals surface area (Å²) in [6.07, 6.45) is 0.0343. The number of nitrogens with two attached hydrogens (primary N) is 1. The van der Waals surface area contributed by atoms with Crippen molar-refractivity contribution in [3.8, 4) is 5.75 Å². The Morgan fingerprint density at radius 2 is 1.79 bits per heavy atom. The van der Waals surface area contributed by atoms with Gasteiger partial charge in [-0.25, -0.2) is 0 Å². The number of primary amides is 1. The van der Waals surface area contributed by atoms with E-state index in [2.05, 4.69) is 0 Å². The third-order valence-electron chi connectivity index (χ3n) is 6.57. The Hall–Kier alpha value is -3.92. The van der Waals surface area contributed by atoms with E-state index in [0.717, 1.165) is 11.1 Å². The summed E-state index contributed by atoms with van der Waals surface area (Å²) in [5, 5.41) is 0. The molecule has 39 heavy (non-hydrogen) atoms. The second kappa shape index (κ2) is 11.9. The Balaban J connectivity index is 1.38. The summed E-state index contributed by atoms with van der Waals surface area (Å²) < 4.78 is 16.6. The van der Waals surface area contributed by atoms with Crippen molar-refractivity contribution in [1.29, 1.82) is 0 Å². The molecule has 2 N–H and O–H groups in total. The molecule has 1 saturated heterocycles. The third-order valence-corrected chi connectivity index (χ3v) is 6.57. The first-order valence-electron chi connectivity index (χ1n) is 13.0. The highest BCUT2D eigenvalue weighted by atomic mass is 16.6. The van der Waals surface area contributed by atoms with Gasteiger partial charge in [-0.1, -0.05) is 30.3 Å². The molecule has 208 valence electrons. The molecular weight excluding hydrogens is 502 g/mol. The van der Waals surface area contributed by atoms with Gasteiger partial charge in [0.1, 0.15) is 30.6 Å². The normalized spacial score (nSPS) is 16.2. The Labute approximate surface area is 228 Å². The average molecular weight is 538 g/mol. The van der Waals surface area contributed by atoms with Crippen LogP contribution in [0.5, 0.6) is 5.75 Å². The van der Waals surface area contributed by atoms with Crippen LogP contribution in [0.25, 0.3) is 0 Å². The molecule has 4 rings (SSSR count). The molecule has 0 saturated carbocycles. The molecule has 2 aliphatic rings. The Morgan fingerprint density at radius 3 is 2.46 bits per heavy atom. The number of nitrogens with zero attached hydrogens (tertiary/aromatic N) is 2. The van der Waals surface area contributed by atoms with Crippen LogP contribution in [0.4, 0.5) is 0 Å². The molecule has 2 aromatic carbocycles. The van der Waals surface area contributed by atoms with E-state index in [9.17, 15) is 19.2 Å². The van der Waals surface area contributed by atoms with Gasteiger partial charge < -0.3 is 29.7 Å². The second-order valence-electron chi connectivity index (χ2n) is 10.7.